The summed E-state index contributed by atoms with van der Waals surface area (Å²) in [6, 6.07) is -0.0831. The largest absolute Gasteiger partial charge is 0.339 e. The van der Waals surface area contributed by atoms with Gasteiger partial charge in [-0.05, 0) is 39.5 Å². The minimum atomic E-state index is -0.360. The molecule has 1 rings (SSSR count). The highest BCUT2D eigenvalue weighted by molar-refractivity contribution is 5.81. The number of carbonyl (C=O) groups is 1. The van der Waals surface area contributed by atoms with E-state index in [1.165, 1.54) is 12.8 Å². The fourth-order valence-electron chi connectivity index (χ4n) is 1.40. The molecule has 1 aliphatic carbocycles. The van der Waals surface area contributed by atoms with E-state index in [4.69, 9.17) is 5.73 Å². The smallest absolute Gasteiger partial charge is 0.239 e. The van der Waals surface area contributed by atoms with Gasteiger partial charge in [0, 0.05) is 12.6 Å². The third kappa shape index (κ3) is 2.99. The lowest BCUT2D eigenvalue weighted by molar-refractivity contribution is -0.134. The van der Waals surface area contributed by atoms with E-state index in [1.54, 1.807) is 6.92 Å². The molecule has 0 aromatic rings. The predicted octanol–water partition coefficient (Wildman–Crippen LogP) is 0.981. The Morgan fingerprint density at radius 1 is 1.46 bits per heavy atom. The van der Waals surface area contributed by atoms with E-state index in [0.717, 1.165) is 12.5 Å². The van der Waals surface area contributed by atoms with Gasteiger partial charge >= 0.3 is 0 Å². The van der Waals surface area contributed by atoms with E-state index in [-0.39, 0.29) is 18.0 Å². The number of amides is 1. The van der Waals surface area contributed by atoms with E-state index in [9.17, 15) is 4.79 Å². The molecule has 0 heterocycles. The first-order chi connectivity index (χ1) is 6.02. The molecule has 2 N–H and O–H groups in total. The molecule has 1 saturated carbocycles. The van der Waals surface area contributed by atoms with Gasteiger partial charge in [-0.2, -0.15) is 0 Å². The van der Waals surface area contributed by atoms with E-state index >= 15 is 0 Å². The van der Waals surface area contributed by atoms with E-state index in [2.05, 4.69) is 0 Å². The molecule has 1 aliphatic rings. The molecule has 0 unspecified atom stereocenters. The molecular formula is C10H20N2O. The van der Waals surface area contributed by atoms with Crippen LogP contribution in [0.2, 0.25) is 0 Å². The topological polar surface area (TPSA) is 46.3 Å². The van der Waals surface area contributed by atoms with Crippen LogP contribution in [0.3, 0.4) is 0 Å². The van der Waals surface area contributed by atoms with Crippen molar-refractivity contribution in [1.29, 1.82) is 0 Å². The van der Waals surface area contributed by atoms with Gasteiger partial charge in [-0.25, -0.2) is 0 Å². The van der Waals surface area contributed by atoms with Crippen molar-refractivity contribution in [3.8, 4) is 0 Å². The minimum absolute atomic E-state index is 0.0851. The van der Waals surface area contributed by atoms with Gasteiger partial charge in [0.2, 0.25) is 5.91 Å². The standard InChI is InChI=1S/C10H20N2O/c1-7(2)12(6-9-4-5-9)10(13)8(3)11/h7-9H,4-6,11H2,1-3H3/t8-/m0/s1. The van der Waals surface area contributed by atoms with Crippen molar-refractivity contribution >= 4 is 5.91 Å². The molecule has 3 nitrogen and oxygen atoms in total. The van der Waals surface area contributed by atoms with Crippen LogP contribution in [0.25, 0.3) is 0 Å². The number of nitrogens with zero attached hydrogens (tertiary/aromatic N) is 1. The van der Waals surface area contributed by atoms with Crippen LogP contribution >= 0.6 is 0 Å². The second-order valence-corrected chi connectivity index (χ2v) is 4.32. The summed E-state index contributed by atoms with van der Waals surface area (Å²) in [7, 11) is 0. The van der Waals surface area contributed by atoms with Crippen molar-refractivity contribution in [1.82, 2.24) is 4.90 Å². The maximum atomic E-state index is 11.6. The van der Waals surface area contributed by atoms with Crippen molar-refractivity contribution in [2.24, 2.45) is 11.7 Å². The molecule has 13 heavy (non-hydrogen) atoms. The summed E-state index contributed by atoms with van der Waals surface area (Å²) in [5, 5.41) is 0. The molecule has 0 saturated heterocycles. The van der Waals surface area contributed by atoms with Crippen molar-refractivity contribution in [3.05, 3.63) is 0 Å². The quantitative estimate of drug-likeness (QED) is 0.708. The normalized spacial score (nSPS) is 18.8. The Morgan fingerprint density at radius 2 is 2.00 bits per heavy atom. The van der Waals surface area contributed by atoms with E-state index in [1.807, 2.05) is 18.7 Å². The minimum Gasteiger partial charge on any atom is -0.339 e. The van der Waals surface area contributed by atoms with Crippen LogP contribution in [-0.2, 0) is 4.79 Å². The summed E-state index contributed by atoms with van der Waals surface area (Å²) in [6.07, 6.45) is 2.55. The number of rotatable bonds is 4. The van der Waals surface area contributed by atoms with E-state index in [0.29, 0.717) is 0 Å². The first-order valence-electron chi connectivity index (χ1n) is 5.08. The van der Waals surface area contributed by atoms with Gasteiger partial charge in [0.05, 0.1) is 6.04 Å². The zero-order valence-corrected chi connectivity index (χ0v) is 8.79. The van der Waals surface area contributed by atoms with Gasteiger partial charge in [0.15, 0.2) is 0 Å². The number of hydrogen-bond donors (Lipinski definition) is 1. The first kappa shape index (κ1) is 10.5. The molecule has 1 atom stereocenters. The number of hydrogen-bond acceptors (Lipinski definition) is 2. The lowest BCUT2D eigenvalue weighted by Gasteiger charge is -2.28. The first-order valence-corrected chi connectivity index (χ1v) is 5.08. The molecule has 0 aromatic heterocycles. The monoisotopic (exact) mass is 184 g/mol. The van der Waals surface area contributed by atoms with Crippen LogP contribution in [0, 0.1) is 5.92 Å². The summed E-state index contributed by atoms with van der Waals surface area (Å²) < 4.78 is 0. The summed E-state index contributed by atoms with van der Waals surface area (Å²) in [4.78, 5) is 13.6. The highest BCUT2D eigenvalue weighted by atomic mass is 16.2. The van der Waals surface area contributed by atoms with Gasteiger partial charge in [0.25, 0.3) is 0 Å². The highest BCUT2D eigenvalue weighted by Crippen LogP contribution is 2.30. The fraction of sp³-hybridized carbons (Fsp3) is 0.900. The summed E-state index contributed by atoms with van der Waals surface area (Å²) in [6.45, 7) is 6.74. The van der Waals surface area contributed by atoms with Gasteiger partial charge in [-0.1, -0.05) is 0 Å². The van der Waals surface area contributed by atoms with Gasteiger partial charge in [-0.3, -0.25) is 4.79 Å². The van der Waals surface area contributed by atoms with Crippen LogP contribution in [0.5, 0.6) is 0 Å². The molecule has 0 radical (unpaired) electrons. The molecule has 76 valence electrons. The zero-order chi connectivity index (χ0) is 10.0. The van der Waals surface area contributed by atoms with Crippen LogP contribution in [0.1, 0.15) is 33.6 Å². The lowest BCUT2D eigenvalue weighted by Crippen LogP contribution is -2.46. The number of nitrogens with two attached hydrogens (primary N) is 1. The fourth-order valence-corrected chi connectivity index (χ4v) is 1.40. The molecule has 1 amide bonds. The van der Waals surface area contributed by atoms with Crippen LogP contribution < -0.4 is 5.73 Å². The molecule has 1 fully saturated rings. The third-order valence-corrected chi connectivity index (χ3v) is 2.45. The highest BCUT2D eigenvalue weighted by Gasteiger charge is 2.29. The molecular weight excluding hydrogens is 164 g/mol. The van der Waals surface area contributed by atoms with Crippen LogP contribution in [-0.4, -0.2) is 29.4 Å². The average Bonchev–Trinajstić information content (AvgIpc) is 2.81. The molecule has 0 spiro atoms. The maximum absolute atomic E-state index is 11.6. The van der Waals surface area contributed by atoms with Crippen molar-refractivity contribution < 1.29 is 4.79 Å². The Morgan fingerprint density at radius 3 is 2.31 bits per heavy atom. The van der Waals surface area contributed by atoms with Crippen LogP contribution in [0.15, 0.2) is 0 Å². The molecule has 3 heteroatoms. The Labute approximate surface area is 80.3 Å². The maximum Gasteiger partial charge on any atom is 0.239 e. The Bertz CT molecular complexity index is 185. The Hall–Kier alpha value is -0.570. The summed E-state index contributed by atoms with van der Waals surface area (Å²) in [5.41, 5.74) is 5.58. The molecule has 0 aliphatic heterocycles. The zero-order valence-electron chi connectivity index (χ0n) is 8.79. The van der Waals surface area contributed by atoms with E-state index < -0.39 is 0 Å². The Kier molecular flexibility index (Phi) is 3.31. The number of carbonyl (C=O) groups excluding carboxylic acids is 1. The lowest BCUT2D eigenvalue weighted by atomic mass is 10.2. The summed E-state index contributed by atoms with van der Waals surface area (Å²) in [5.74, 6) is 0.826. The van der Waals surface area contributed by atoms with Gasteiger partial charge in [0.1, 0.15) is 0 Å². The molecule has 0 bridgehead atoms. The van der Waals surface area contributed by atoms with Crippen molar-refractivity contribution in [3.63, 3.8) is 0 Å². The predicted molar refractivity (Wildman–Crippen MR) is 53.2 cm³/mol. The second kappa shape index (κ2) is 4.09. The van der Waals surface area contributed by atoms with Crippen molar-refractivity contribution in [2.75, 3.05) is 6.54 Å². The van der Waals surface area contributed by atoms with Gasteiger partial charge < -0.3 is 10.6 Å². The van der Waals surface area contributed by atoms with Crippen molar-refractivity contribution in [2.45, 2.75) is 45.7 Å². The third-order valence-electron chi connectivity index (χ3n) is 2.45. The SMILES string of the molecule is CC(C)N(CC1CC1)C(=O)[C@H](C)N. The van der Waals surface area contributed by atoms with Gasteiger partial charge in [-0.15, -0.1) is 0 Å². The van der Waals surface area contributed by atoms with Crippen LogP contribution in [0.4, 0.5) is 0 Å². The average molecular weight is 184 g/mol. The molecule has 0 aromatic carbocycles. The Balaban J connectivity index is 2.49. The summed E-state index contributed by atoms with van der Waals surface area (Å²) >= 11 is 0. The second-order valence-electron chi connectivity index (χ2n) is 4.32.